The van der Waals surface area contributed by atoms with Gasteiger partial charge in [-0.15, -0.1) is 0 Å². The molecule has 1 atom stereocenters. The summed E-state index contributed by atoms with van der Waals surface area (Å²) < 4.78 is 40.2. The van der Waals surface area contributed by atoms with Crippen LogP contribution in [0, 0.1) is 13.8 Å². The lowest BCUT2D eigenvalue weighted by Crippen LogP contribution is -2.41. The van der Waals surface area contributed by atoms with Crippen LogP contribution in [0.3, 0.4) is 0 Å². The van der Waals surface area contributed by atoms with Crippen molar-refractivity contribution in [2.45, 2.75) is 19.9 Å². The molecule has 2 aromatic rings. The fourth-order valence-corrected chi connectivity index (χ4v) is 4.67. The first-order chi connectivity index (χ1) is 14.2. The van der Waals surface area contributed by atoms with E-state index < -0.39 is 15.9 Å². The normalized spacial score (nSPS) is 16.9. The highest BCUT2D eigenvalue weighted by Crippen LogP contribution is 2.39. The van der Waals surface area contributed by atoms with Crippen LogP contribution < -0.4 is 19.1 Å². The third kappa shape index (κ3) is 4.14. The van der Waals surface area contributed by atoms with E-state index in [1.807, 2.05) is 32.0 Å². The minimum atomic E-state index is -3.36. The van der Waals surface area contributed by atoms with Gasteiger partial charge in [0, 0.05) is 16.7 Å². The van der Waals surface area contributed by atoms with Crippen LogP contribution >= 0.6 is 0 Å². The van der Waals surface area contributed by atoms with Gasteiger partial charge in [-0.3, -0.25) is 4.79 Å². The van der Waals surface area contributed by atoms with Crippen LogP contribution in [-0.4, -0.2) is 47.4 Å². The number of amides is 1. The topological polar surface area (TPSA) is 82.1 Å². The number of hydrogen-bond acceptors (Lipinski definition) is 6. The first kappa shape index (κ1) is 21.7. The summed E-state index contributed by atoms with van der Waals surface area (Å²) in [6.45, 7) is 3.92. The van der Waals surface area contributed by atoms with Crippen molar-refractivity contribution in [2.24, 2.45) is 0 Å². The molecule has 0 spiro atoms. The van der Waals surface area contributed by atoms with Crippen molar-refractivity contribution < 1.29 is 27.4 Å². The van der Waals surface area contributed by atoms with Crippen LogP contribution in [0.15, 0.2) is 41.8 Å². The molecule has 0 unspecified atom stereocenters. The second-order valence-corrected chi connectivity index (χ2v) is 9.01. The molecule has 7 nitrogen and oxygen atoms in total. The van der Waals surface area contributed by atoms with E-state index in [1.165, 1.54) is 26.2 Å². The SMILES string of the molecule is COc1cc(C(=O)N(c2ccc(C)c(C)c2)[C@@H]2C=CS(=O)(=O)C2)cc(OC)c1OC. The molecule has 0 saturated heterocycles. The Balaban J connectivity index is 2.13. The van der Waals surface area contributed by atoms with Crippen molar-refractivity contribution in [1.29, 1.82) is 0 Å². The monoisotopic (exact) mass is 431 g/mol. The molecule has 2 aromatic carbocycles. The molecule has 0 N–H and O–H groups in total. The number of ether oxygens (including phenoxy) is 3. The lowest BCUT2D eigenvalue weighted by atomic mass is 10.1. The molecule has 0 fully saturated rings. The van der Waals surface area contributed by atoms with Crippen molar-refractivity contribution in [1.82, 2.24) is 0 Å². The molecule has 1 amide bonds. The number of rotatable bonds is 6. The fourth-order valence-electron chi connectivity index (χ4n) is 3.40. The summed E-state index contributed by atoms with van der Waals surface area (Å²) in [5, 5.41) is 1.16. The predicted octanol–water partition coefficient (Wildman–Crippen LogP) is 3.29. The molecule has 3 rings (SSSR count). The molecule has 1 aliphatic heterocycles. The number of methoxy groups -OCH3 is 3. The fraction of sp³-hybridized carbons (Fsp3) is 0.318. The molecule has 0 bridgehead atoms. The molecule has 0 radical (unpaired) electrons. The van der Waals surface area contributed by atoms with Crippen molar-refractivity contribution in [2.75, 3.05) is 32.0 Å². The second kappa shape index (κ2) is 8.39. The molecule has 0 aromatic heterocycles. The Morgan fingerprint density at radius 3 is 2.07 bits per heavy atom. The average Bonchev–Trinajstić information content (AvgIpc) is 3.08. The Hall–Kier alpha value is -3.00. The first-order valence-corrected chi connectivity index (χ1v) is 11.0. The number of hydrogen-bond donors (Lipinski definition) is 0. The Morgan fingerprint density at radius 1 is 0.967 bits per heavy atom. The number of aryl methyl sites for hydroxylation is 2. The van der Waals surface area contributed by atoms with Crippen LogP contribution in [-0.2, 0) is 9.84 Å². The Bertz CT molecular complexity index is 1080. The smallest absolute Gasteiger partial charge is 0.259 e. The van der Waals surface area contributed by atoms with Gasteiger partial charge in [0.25, 0.3) is 5.91 Å². The van der Waals surface area contributed by atoms with Gasteiger partial charge in [-0.2, -0.15) is 0 Å². The van der Waals surface area contributed by atoms with Gasteiger partial charge in [0.1, 0.15) is 0 Å². The highest BCUT2D eigenvalue weighted by atomic mass is 32.2. The van der Waals surface area contributed by atoms with E-state index in [9.17, 15) is 13.2 Å². The van der Waals surface area contributed by atoms with Crippen LogP contribution in [0.25, 0.3) is 0 Å². The van der Waals surface area contributed by atoms with Crippen molar-refractivity contribution in [3.8, 4) is 17.2 Å². The van der Waals surface area contributed by atoms with Crippen LogP contribution in [0.5, 0.6) is 17.2 Å². The molecular weight excluding hydrogens is 406 g/mol. The summed E-state index contributed by atoms with van der Waals surface area (Å²) in [6.07, 6.45) is 1.54. The van der Waals surface area contributed by atoms with E-state index in [-0.39, 0.29) is 11.7 Å². The molecule has 1 heterocycles. The zero-order valence-electron chi connectivity index (χ0n) is 17.6. The standard InChI is InChI=1S/C22H25NO6S/c1-14-6-7-17(10-15(14)2)23(18-8-9-30(25,26)13-18)22(24)16-11-19(27-3)21(29-5)20(12-16)28-4/h6-12,18H,13H2,1-5H3/t18-/m1/s1. The second-order valence-electron chi connectivity index (χ2n) is 7.08. The third-order valence-corrected chi connectivity index (χ3v) is 6.52. The van der Waals surface area contributed by atoms with Crippen LogP contribution in [0.2, 0.25) is 0 Å². The highest BCUT2D eigenvalue weighted by molar-refractivity contribution is 7.94. The predicted molar refractivity (Wildman–Crippen MR) is 116 cm³/mol. The van der Waals surface area contributed by atoms with E-state index in [0.717, 1.165) is 16.5 Å². The summed E-state index contributed by atoms with van der Waals surface area (Å²) in [7, 11) is 1.06. The van der Waals surface area contributed by atoms with Gasteiger partial charge >= 0.3 is 0 Å². The number of benzene rings is 2. The zero-order valence-corrected chi connectivity index (χ0v) is 18.4. The van der Waals surface area contributed by atoms with E-state index in [4.69, 9.17) is 14.2 Å². The molecule has 8 heteroatoms. The maximum Gasteiger partial charge on any atom is 0.259 e. The zero-order chi connectivity index (χ0) is 22.1. The summed E-state index contributed by atoms with van der Waals surface area (Å²) in [5.41, 5.74) is 2.98. The minimum Gasteiger partial charge on any atom is -0.493 e. The highest BCUT2D eigenvalue weighted by Gasteiger charge is 2.33. The quantitative estimate of drug-likeness (QED) is 0.698. The average molecular weight is 432 g/mol. The van der Waals surface area contributed by atoms with E-state index in [2.05, 4.69) is 0 Å². The summed E-state index contributed by atoms with van der Waals surface area (Å²) in [6, 6.07) is 8.10. The largest absolute Gasteiger partial charge is 0.493 e. The maximum absolute atomic E-state index is 13.6. The number of nitrogens with zero attached hydrogens (tertiary/aromatic N) is 1. The first-order valence-electron chi connectivity index (χ1n) is 9.32. The van der Waals surface area contributed by atoms with Gasteiger partial charge in [-0.25, -0.2) is 8.42 Å². The van der Waals surface area contributed by atoms with Crippen molar-refractivity contribution in [3.05, 3.63) is 58.5 Å². The lowest BCUT2D eigenvalue weighted by molar-refractivity contribution is 0.0982. The molecule has 0 aliphatic carbocycles. The maximum atomic E-state index is 13.6. The number of carbonyl (C=O) groups excluding carboxylic acids is 1. The van der Waals surface area contributed by atoms with Gasteiger partial charge in [-0.1, -0.05) is 6.07 Å². The van der Waals surface area contributed by atoms with Gasteiger partial charge < -0.3 is 19.1 Å². The number of sulfone groups is 1. The number of carbonyl (C=O) groups is 1. The van der Waals surface area contributed by atoms with E-state index >= 15 is 0 Å². The molecular formula is C22H25NO6S. The molecule has 30 heavy (non-hydrogen) atoms. The molecule has 160 valence electrons. The summed E-state index contributed by atoms with van der Waals surface area (Å²) in [5.74, 6) is 0.516. The van der Waals surface area contributed by atoms with Crippen LogP contribution in [0.4, 0.5) is 5.69 Å². The van der Waals surface area contributed by atoms with Gasteiger partial charge in [-0.05, 0) is 55.3 Å². The van der Waals surface area contributed by atoms with Crippen molar-refractivity contribution >= 4 is 21.4 Å². The van der Waals surface area contributed by atoms with Gasteiger partial charge in [0.2, 0.25) is 5.75 Å². The molecule has 1 aliphatic rings. The number of anilines is 1. The minimum absolute atomic E-state index is 0.171. The van der Waals surface area contributed by atoms with Gasteiger partial charge in [0.15, 0.2) is 21.3 Å². The Labute approximate surface area is 176 Å². The van der Waals surface area contributed by atoms with Gasteiger partial charge in [0.05, 0.1) is 33.1 Å². The van der Waals surface area contributed by atoms with Crippen molar-refractivity contribution in [3.63, 3.8) is 0 Å². The third-order valence-electron chi connectivity index (χ3n) is 5.14. The Kier molecular flexibility index (Phi) is 6.07. The summed E-state index contributed by atoms with van der Waals surface area (Å²) >= 11 is 0. The summed E-state index contributed by atoms with van der Waals surface area (Å²) in [4.78, 5) is 15.1. The lowest BCUT2D eigenvalue weighted by Gasteiger charge is -2.29. The molecule has 0 saturated carbocycles. The van der Waals surface area contributed by atoms with E-state index in [0.29, 0.717) is 28.5 Å². The Morgan fingerprint density at radius 2 is 1.60 bits per heavy atom. The van der Waals surface area contributed by atoms with Crippen LogP contribution in [0.1, 0.15) is 21.5 Å². The van der Waals surface area contributed by atoms with E-state index in [1.54, 1.807) is 18.2 Å².